The van der Waals surface area contributed by atoms with Crippen LogP contribution in [0.3, 0.4) is 0 Å². The average Bonchev–Trinajstić information content (AvgIpc) is 3.91. The third-order valence-corrected chi connectivity index (χ3v) is 12.3. The summed E-state index contributed by atoms with van der Waals surface area (Å²) in [5.74, 6) is 7.09. The number of aryl methyl sites for hydroxylation is 2. The molecule has 2 aromatic heterocycles. The van der Waals surface area contributed by atoms with Crippen LogP contribution < -0.4 is 9.80 Å². The van der Waals surface area contributed by atoms with Crippen LogP contribution in [0.1, 0.15) is 35.1 Å². The molecule has 2 aromatic carbocycles. The number of carbonyl (C=O) groups is 2. The van der Waals surface area contributed by atoms with Gasteiger partial charge < -0.3 is 19.6 Å². The fraction of sp³-hybridized carbons (Fsp3) is 0.429. The maximum Gasteiger partial charge on any atom is 0.223 e. The minimum atomic E-state index is -1.37. The highest BCUT2D eigenvalue weighted by atomic mass is 32.1. The number of aromatic nitrogens is 2. The number of rotatable bonds is 8. The smallest absolute Gasteiger partial charge is 0.223 e. The van der Waals surface area contributed by atoms with E-state index in [4.69, 9.17) is 0 Å². The molecule has 0 aliphatic carbocycles. The van der Waals surface area contributed by atoms with E-state index in [0.29, 0.717) is 12.8 Å². The molecule has 6 rings (SSSR count). The Balaban J connectivity index is 0.000000208. The van der Waals surface area contributed by atoms with Crippen molar-refractivity contribution in [2.75, 3.05) is 62.2 Å². The normalized spacial score (nSPS) is 14.6. The minimum Gasteiger partial charge on any atom is -0.345 e. The van der Waals surface area contributed by atoms with E-state index in [1.165, 1.54) is 11.1 Å². The van der Waals surface area contributed by atoms with Gasteiger partial charge in [-0.1, -0.05) is 75.4 Å². The molecule has 284 valence electrons. The van der Waals surface area contributed by atoms with E-state index in [9.17, 15) is 9.59 Å². The molecule has 54 heavy (non-hydrogen) atoms. The maximum atomic E-state index is 12.6. The predicted molar refractivity (Wildman–Crippen MR) is 232 cm³/mol. The summed E-state index contributed by atoms with van der Waals surface area (Å²) in [4.78, 5) is 42.4. The van der Waals surface area contributed by atoms with E-state index in [-0.39, 0.29) is 11.8 Å². The third kappa shape index (κ3) is 13.6. The Bertz CT molecular complexity index is 1790. The van der Waals surface area contributed by atoms with Crippen molar-refractivity contribution in [2.45, 2.75) is 65.0 Å². The zero-order valence-electron chi connectivity index (χ0n) is 32.7. The zero-order valence-corrected chi connectivity index (χ0v) is 36.4. The SMILES string of the molecule is C[Si](C)(C)C#Cc1cccc(CCC(=O)N2CCN(c3nccs3)CC2)c1.C[Si](C)(C)C#Cc1cccc(CCC(=O)N2CCN(c3nccs3)CC2)c1. The van der Waals surface area contributed by atoms with Gasteiger partial charge in [0.2, 0.25) is 11.8 Å². The number of amides is 2. The lowest BCUT2D eigenvalue weighted by Crippen LogP contribution is -2.48. The van der Waals surface area contributed by atoms with Crippen LogP contribution in [0.2, 0.25) is 39.3 Å². The Kier molecular flexibility index (Phi) is 14.7. The number of piperazine rings is 2. The Morgan fingerprint density at radius 2 is 1.00 bits per heavy atom. The van der Waals surface area contributed by atoms with Crippen LogP contribution in [0.4, 0.5) is 10.3 Å². The molecule has 0 atom stereocenters. The van der Waals surface area contributed by atoms with Crippen LogP contribution in [0.15, 0.2) is 71.7 Å². The van der Waals surface area contributed by atoms with Gasteiger partial charge in [0.25, 0.3) is 0 Å². The monoisotopic (exact) mass is 794 g/mol. The molecule has 4 heterocycles. The van der Waals surface area contributed by atoms with Gasteiger partial charge in [0.05, 0.1) is 0 Å². The lowest BCUT2D eigenvalue weighted by Gasteiger charge is -2.34. The summed E-state index contributed by atoms with van der Waals surface area (Å²) in [5.41, 5.74) is 11.3. The van der Waals surface area contributed by atoms with Crippen LogP contribution in [-0.2, 0) is 22.4 Å². The van der Waals surface area contributed by atoms with E-state index in [1.807, 2.05) is 45.1 Å². The van der Waals surface area contributed by atoms with Gasteiger partial charge in [-0.25, -0.2) is 9.97 Å². The molecule has 12 heteroatoms. The number of benzene rings is 2. The Hall–Kier alpha value is -4.21. The molecule has 2 aliphatic heterocycles. The van der Waals surface area contributed by atoms with Crippen LogP contribution in [-0.4, -0.2) is 100 Å². The predicted octanol–water partition coefficient (Wildman–Crippen LogP) is 7.31. The summed E-state index contributed by atoms with van der Waals surface area (Å²) < 4.78 is 0. The summed E-state index contributed by atoms with van der Waals surface area (Å²) in [7, 11) is -2.74. The van der Waals surface area contributed by atoms with E-state index >= 15 is 0 Å². The summed E-state index contributed by atoms with van der Waals surface area (Å²) in [6, 6.07) is 16.6. The second-order valence-corrected chi connectivity index (χ2v) is 27.0. The molecule has 0 bridgehead atoms. The first-order valence-electron chi connectivity index (χ1n) is 18.9. The summed E-state index contributed by atoms with van der Waals surface area (Å²) in [5, 5.41) is 6.10. The summed E-state index contributed by atoms with van der Waals surface area (Å²) in [6.45, 7) is 20.0. The first kappa shape index (κ1) is 41.0. The zero-order chi connectivity index (χ0) is 38.6. The van der Waals surface area contributed by atoms with E-state index in [0.717, 1.165) is 86.6 Å². The number of thiazole rings is 2. The number of anilines is 2. The van der Waals surface area contributed by atoms with E-state index in [1.54, 1.807) is 22.7 Å². The van der Waals surface area contributed by atoms with Gasteiger partial charge in [0.1, 0.15) is 16.1 Å². The molecule has 2 aliphatic rings. The van der Waals surface area contributed by atoms with Gasteiger partial charge in [-0.15, -0.1) is 33.8 Å². The molecule has 0 unspecified atom stereocenters. The van der Waals surface area contributed by atoms with Gasteiger partial charge >= 0.3 is 0 Å². The molecule has 8 nitrogen and oxygen atoms in total. The van der Waals surface area contributed by atoms with Crippen molar-refractivity contribution in [1.29, 1.82) is 0 Å². The fourth-order valence-electron chi connectivity index (χ4n) is 5.99. The van der Waals surface area contributed by atoms with Crippen LogP contribution in [0.25, 0.3) is 0 Å². The lowest BCUT2D eigenvalue weighted by atomic mass is 10.1. The quantitative estimate of drug-likeness (QED) is 0.138. The molecule has 0 saturated carbocycles. The van der Waals surface area contributed by atoms with Gasteiger partial charge in [0, 0.05) is 99.5 Å². The molecule has 0 spiro atoms. The summed E-state index contributed by atoms with van der Waals surface area (Å²) >= 11 is 3.31. The second-order valence-electron chi connectivity index (χ2n) is 15.8. The first-order chi connectivity index (χ1) is 25.8. The Labute approximate surface area is 332 Å². The minimum absolute atomic E-state index is 0.243. The molecular formula is C42H54N6O2S2Si2. The highest BCUT2D eigenvalue weighted by Gasteiger charge is 2.23. The number of hydrogen-bond donors (Lipinski definition) is 0. The number of carbonyl (C=O) groups excluding carboxylic acids is 2. The third-order valence-electron chi connectivity index (χ3n) is 8.92. The van der Waals surface area contributed by atoms with Crippen molar-refractivity contribution in [2.24, 2.45) is 0 Å². The van der Waals surface area contributed by atoms with Gasteiger partial charge in [-0.3, -0.25) is 9.59 Å². The van der Waals surface area contributed by atoms with E-state index in [2.05, 4.69) is 118 Å². The van der Waals surface area contributed by atoms with E-state index < -0.39 is 16.1 Å². The largest absolute Gasteiger partial charge is 0.345 e. The Morgan fingerprint density at radius 3 is 1.33 bits per heavy atom. The van der Waals surface area contributed by atoms with Crippen molar-refractivity contribution in [3.05, 3.63) is 93.9 Å². The average molecular weight is 795 g/mol. The molecule has 0 N–H and O–H groups in total. The highest BCUT2D eigenvalue weighted by molar-refractivity contribution is 7.13. The van der Waals surface area contributed by atoms with Gasteiger partial charge in [-0.05, 0) is 48.2 Å². The molecule has 4 aromatic rings. The maximum absolute atomic E-state index is 12.6. The van der Waals surface area contributed by atoms with Crippen molar-refractivity contribution in [3.8, 4) is 22.9 Å². The second kappa shape index (κ2) is 19.4. The van der Waals surface area contributed by atoms with Gasteiger partial charge in [-0.2, -0.15) is 0 Å². The highest BCUT2D eigenvalue weighted by Crippen LogP contribution is 2.21. The lowest BCUT2D eigenvalue weighted by molar-refractivity contribution is -0.132. The Morgan fingerprint density at radius 1 is 0.611 bits per heavy atom. The standard InChI is InChI=1S/2C21H27N3OSSi/c2*1-27(2,3)16-9-19-6-4-5-18(17-19)7-8-20(25)23-11-13-24(14-12-23)21-22-10-15-26-21/h2*4-6,10,15,17H,7-8,11-14H2,1-3H3. The van der Waals surface area contributed by atoms with Gasteiger partial charge in [0.15, 0.2) is 10.3 Å². The molecular weight excluding hydrogens is 741 g/mol. The van der Waals surface area contributed by atoms with Crippen molar-refractivity contribution in [3.63, 3.8) is 0 Å². The summed E-state index contributed by atoms with van der Waals surface area (Å²) in [6.07, 6.45) is 6.33. The van der Waals surface area contributed by atoms with Crippen molar-refractivity contribution in [1.82, 2.24) is 19.8 Å². The molecule has 2 amide bonds. The number of nitrogens with zero attached hydrogens (tertiary/aromatic N) is 6. The topological polar surface area (TPSA) is 72.9 Å². The molecule has 2 saturated heterocycles. The molecule has 2 fully saturated rings. The fourth-order valence-corrected chi connectivity index (χ4v) is 8.42. The molecule has 0 radical (unpaired) electrons. The first-order valence-corrected chi connectivity index (χ1v) is 27.7. The van der Waals surface area contributed by atoms with Crippen molar-refractivity contribution < 1.29 is 9.59 Å². The van der Waals surface area contributed by atoms with Crippen LogP contribution >= 0.6 is 22.7 Å². The number of hydrogen-bond acceptors (Lipinski definition) is 8. The van der Waals surface area contributed by atoms with Crippen LogP contribution in [0, 0.1) is 22.9 Å². The van der Waals surface area contributed by atoms with Crippen molar-refractivity contribution >= 4 is 60.9 Å². The van der Waals surface area contributed by atoms with Crippen LogP contribution in [0.5, 0.6) is 0 Å².